The van der Waals surface area contributed by atoms with E-state index in [1.54, 1.807) is 92.6 Å². The first-order chi connectivity index (χ1) is 31.6. The second-order valence-electron chi connectivity index (χ2n) is 20.7. The molecule has 1 heterocycles. The van der Waals surface area contributed by atoms with Gasteiger partial charge < -0.3 is 57.9 Å². The molecule has 1 aromatic rings. The van der Waals surface area contributed by atoms with Crippen molar-refractivity contribution in [3.63, 3.8) is 0 Å². The number of hydrogen-bond acceptors (Lipinski definition) is 16. The molecule has 1 aliphatic heterocycles. The number of nitrogens with one attached hydrogen (secondary N) is 1. The first-order valence-electron chi connectivity index (χ1n) is 24.1. The Morgan fingerprint density at radius 3 is 2.06 bits per heavy atom. The molecule has 1 saturated heterocycles. The summed E-state index contributed by atoms with van der Waals surface area (Å²) >= 11 is 0. The normalized spacial score (nSPS) is 32.3. The van der Waals surface area contributed by atoms with Gasteiger partial charge in [0.05, 0.1) is 30.2 Å². The van der Waals surface area contributed by atoms with Crippen LogP contribution in [0.5, 0.6) is 0 Å². The van der Waals surface area contributed by atoms with E-state index in [0.29, 0.717) is 5.57 Å². The van der Waals surface area contributed by atoms with E-state index < -0.39 is 133 Å². The Morgan fingerprint density at radius 2 is 1.54 bits per heavy atom. The third-order valence-electron chi connectivity index (χ3n) is 15.1. The van der Waals surface area contributed by atoms with Crippen LogP contribution in [0.25, 0.3) is 0 Å². The standard InChI is InChI=1S/C50H77NO16Si/c1-16-59-32(9)62-38(29(6)51-45(57)66-46(10,11)12)44(56)63-34-26-50(58)42(64-43(55)33-23-21-20-22-24-33)40-48(15,41(54)39(61-30(7)52)37(28(34)5)47(50,13)14)35(67-68(17-2,18-3)19-4)25-36-49(40,27-60-36)65-31(8)53/h20-24,29,32,34-36,38-42,54,58H,16-19,25-27H2,1-15H3,(H,51,57)/t29-,32?,34+,35+,36-,38-,39-,40+,41+,42+,48-,49+,50-/m1/s1. The van der Waals surface area contributed by atoms with Gasteiger partial charge in [0.1, 0.15) is 35.6 Å². The lowest BCUT2D eigenvalue weighted by molar-refractivity contribution is -0.363. The molecule has 4 aliphatic rings. The summed E-state index contributed by atoms with van der Waals surface area (Å²) in [6.07, 6.45) is -11.5. The van der Waals surface area contributed by atoms with E-state index in [1.165, 1.54) is 20.8 Å². The van der Waals surface area contributed by atoms with E-state index in [0.717, 1.165) is 18.1 Å². The molecule has 2 saturated carbocycles. The number of aliphatic hydroxyl groups is 2. The zero-order chi connectivity index (χ0) is 50.9. The number of rotatable bonds is 17. The molecule has 1 amide bonds. The largest absolute Gasteiger partial charge is 0.456 e. The van der Waals surface area contributed by atoms with Gasteiger partial charge in [-0.1, -0.05) is 59.7 Å². The highest BCUT2D eigenvalue weighted by Crippen LogP contribution is 2.66. The number of esters is 4. The van der Waals surface area contributed by atoms with Crippen LogP contribution >= 0.6 is 0 Å². The number of alkyl carbamates (subject to hydrolysis) is 1. The van der Waals surface area contributed by atoms with Gasteiger partial charge in [-0.25, -0.2) is 14.4 Å². The first kappa shape index (κ1) is 55.0. The fourth-order valence-corrected chi connectivity index (χ4v) is 14.3. The minimum atomic E-state index is -2.59. The van der Waals surface area contributed by atoms with Gasteiger partial charge in [-0.15, -0.1) is 0 Å². The van der Waals surface area contributed by atoms with Crippen molar-refractivity contribution in [3.05, 3.63) is 47.0 Å². The van der Waals surface area contributed by atoms with E-state index in [1.807, 2.05) is 0 Å². The van der Waals surface area contributed by atoms with E-state index in [4.69, 9.17) is 42.3 Å². The molecule has 3 N–H and O–H groups in total. The van der Waals surface area contributed by atoms with E-state index in [9.17, 15) is 34.2 Å². The van der Waals surface area contributed by atoms with Crippen LogP contribution in [-0.2, 0) is 56.7 Å². The van der Waals surface area contributed by atoms with Gasteiger partial charge in [-0.05, 0) is 89.9 Å². The van der Waals surface area contributed by atoms with Crippen molar-refractivity contribution in [3.8, 4) is 0 Å². The smallest absolute Gasteiger partial charge is 0.407 e. The number of amides is 1. The van der Waals surface area contributed by atoms with Crippen LogP contribution in [0.4, 0.5) is 4.79 Å². The molecular formula is C50H77NO16Si. The first-order valence-corrected chi connectivity index (χ1v) is 26.7. The fourth-order valence-electron chi connectivity index (χ4n) is 11.3. The zero-order valence-corrected chi connectivity index (χ0v) is 43.7. The maximum absolute atomic E-state index is 14.7. The fraction of sp³-hybridized carbons (Fsp3) is 0.740. The Balaban J connectivity index is 1.81. The molecule has 0 radical (unpaired) electrons. The predicted octanol–water partition coefficient (Wildman–Crippen LogP) is 6.71. The molecule has 13 atom stereocenters. The second-order valence-corrected chi connectivity index (χ2v) is 25.5. The van der Waals surface area contributed by atoms with Gasteiger partial charge in [-0.3, -0.25) is 9.59 Å². The Kier molecular flexibility index (Phi) is 16.8. The van der Waals surface area contributed by atoms with Crippen molar-refractivity contribution < 1.29 is 76.5 Å². The predicted molar refractivity (Wildman–Crippen MR) is 250 cm³/mol. The van der Waals surface area contributed by atoms with Crippen molar-refractivity contribution in [2.45, 2.75) is 207 Å². The molecule has 3 aliphatic carbocycles. The number of carbonyl (C=O) groups excluding carboxylic acids is 5. The lowest BCUT2D eigenvalue weighted by atomic mass is 9.44. The van der Waals surface area contributed by atoms with Crippen LogP contribution in [0.1, 0.15) is 127 Å². The lowest BCUT2D eigenvalue weighted by Gasteiger charge is -2.70. The number of carbonyl (C=O) groups is 5. The van der Waals surface area contributed by atoms with Crippen molar-refractivity contribution in [1.29, 1.82) is 0 Å². The summed E-state index contributed by atoms with van der Waals surface area (Å²) in [5, 5.41) is 30.3. The number of hydrogen-bond donors (Lipinski definition) is 3. The number of benzene rings is 1. The minimum absolute atomic E-state index is 0.148. The summed E-state index contributed by atoms with van der Waals surface area (Å²) in [4.78, 5) is 69.3. The van der Waals surface area contributed by atoms with Crippen molar-refractivity contribution in [2.24, 2.45) is 16.7 Å². The molecule has 0 aromatic heterocycles. The molecule has 1 aromatic carbocycles. The molecule has 1 unspecified atom stereocenters. The third-order valence-corrected chi connectivity index (χ3v) is 19.8. The van der Waals surface area contributed by atoms with Crippen LogP contribution in [0.15, 0.2) is 41.5 Å². The van der Waals surface area contributed by atoms with E-state index >= 15 is 0 Å². The van der Waals surface area contributed by atoms with Crippen LogP contribution in [-0.4, -0.2) is 134 Å². The maximum Gasteiger partial charge on any atom is 0.407 e. The monoisotopic (exact) mass is 976 g/mol. The maximum atomic E-state index is 14.7. The molecule has 18 heteroatoms. The van der Waals surface area contributed by atoms with Gasteiger partial charge in [0, 0.05) is 44.1 Å². The summed E-state index contributed by atoms with van der Waals surface area (Å²) in [6, 6.07) is 9.32. The second kappa shape index (κ2) is 20.8. The summed E-state index contributed by atoms with van der Waals surface area (Å²) in [7, 11) is -2.59. The van der Waals surface area contributed by atoms with Crippen LogP contribution in [0, 0.1) is 16.7 Å². The van der Waals surface area contributed by atoms with Gasteiger partial charge in [0.25, 0.3) is 0 Å². The summed E-state index contributed by atoms with van der Waals surface area (Å²) in [5.74, 6) is -4.54. The third kappa shape index (κ3) is 10.4. The van der Waals surface area contributed by atoms with Crippen LogP contribution in [0.2, 0.25) is 18.1 Å². The lowest BCUT2D eigenvalue weighted by Crippen LogP contribution is -2.83. The summed E-state index contributed by atoms with van der Waals surface area (Å²) in [5.41, 5.74) is -7.24. The number of ether oxygens (including phenoxy) is 8. The van der Waals surface area contributed by atoms with Crippen LogP contribution in [0.3, 0.4) is 0 Å². The van der Waals surface area contributed by atoms with Gasteiger partial charge in [0.15, 0.2) is 32.4 Å². The summed E-state index contributed by atoms with van der Waals surface area (Å²) < 4.78 is 56.6. The molecule has 382 valence electrons. The molecule has 2 bridgehead atoms. The van der Waals surface area contributed by atoms with Gasteiger partial charge >= 0.3 is 30.0 Å². The number of aliphatic hydroxyl groups excluding tert-OH is 1. The Labute approximate surface area is 402 Å². The Bertz CT molecular complexity index is 2030. The van der Waals surface area contributed by atoms with E-state index in [2.05, 4.69) is 26.1 Å². The van der Waals surface area contributed by atoms with Gasteiger partial charge in [-0.2, -0.15) is 0 Å². The quantitative estimate of drug-likeness (QED) is 0.0486. The highest BCUT2D eigenvalue weighted by molar-refractivity contribution is 6.73. The molecule has 5 rings (SSSR count). The SMILES string of the molecule is CCOC(C)O[C@@H](C(=O)O[C@H]1C[C@@]2(O)[C@@H](OC(=O)c3ccccc3)[C@@H]3[C@]4(OC(C)=O)CO[C@@H]4C[C@H](O[Si](CC)(CC)CC)[C@@]3(C)[C@@H](O)[C@H](OC(C)=O)C(=C1C)C2(C)C)[C@@H](C)NC(=O)OC(C)(C)C. The highest BCUT2D eigenvalue weighted by atomic mass is 28.4. The topological polar surface area (TPSA) is 221 Å². The molecule has 17 nitrogen and oxygen atoms in total. The van der Waals surface area contributed by atoms with Crippen molar-refractivity contribution in [1.82, 2.24) is 5.32 Å². The van der Waals surface area contributed by atoms with E-state index in [-0.39, 0.29) is 30.8 Å². The average Bonchev–Trinajstić information content (AvgIpc) is 3.24. The highest BCUT2D eigenvalue weighted by Gasteiger charge is 2.78. The van der Waals surface area contributed by atoms with Gasteiger partial charge in [0.2, 0.25) is 0 Å². The number of fused-ring (bicyclic) bond motifs is 5. The van der Waals surface area contributed by atoms with Crippen molar-refractivity contribution >= 4 is 38.3 Å². The molecule has 68 heavy (non-hydrogen) atoms. The molecule has 3 fully saturated rings. The van der Waals surface area contributed by atoms with Crippen LogP contribution < -0.4 is 5.32 Å². The molecular weight excluding hydrogens is 899 g/mol. The average molecular weight is 976 g/mol. The van der Waals surface area contributed by atoms with Crippen molar-refractivity contribution in [2.75, 3.05) is 13.2 Å². The Hall–Kier alpha value is -3.91. The minimum Gasteiger partial charge on any atom is -0.456 e. The summed E-state index contributed by atoms with van der Waals surface area (Å²) in [6.45, 7) is 25.5. The Morgan fingerprint density at radius 1 is 0.926 bits per heavy atom. The zero-order valence-electron chi connectivity index (χ0n) is 42.7. The molecule has 0 spiro atoms.